The van der Waals surface area contributed by atoms with Gasteiger partial charge in [-0.05, 0) is 68.8 Å². The Bertz CT molecular complexity index is 1110. The van der Waals surface area contributed by atoms with E-state index in [1.54, 1.807) is 37.3 Å². The minimum absolute atomic E-state index is 0.0664. The molecule has 0 fully saturated rings. The van der Waals surface area contributed by atoms with Gasteiger partial charge in [-0.15, -0.1) is 0 Å². The second kappa shape index (κ2) is 10.3. The monoisotopic (exact) mass is 459 g/mol. The van der Waals surface area contributed by atoms with Crippen LogP contribution in [0.25, 0.3) is 17.5 Å². The lowest BCUT2D eigenvalue weighted by Crippen LogP contribution is -2.24. The van der Waals surface area contributed by atoms with Crippen molar-refractivity contribution < 1.29 is 23.2 Å². The van der Waals surface area contributed by atoms with Crippen molar-refractivity contribution in [2.45, 2.75) is 32.9 Å². The van der Waals surface area contributed by atoms with E-state index in [0.29, 0.717) is 33.5 Å². The first-order valence-corrected chi connectivity index (χ1v) is 10.3. The highest BCUT2D eigenvalue weighted by Crippen LogP contribution is 2.37. The molecule has 1 N–H and O–H groups in total. The maximum absolute atomic E-state index is 13.1. The molecular weight excluding hydrogens is 437 g/mol. The maximum atomic E-state index is 13.1. The molecule has 1 heterocycles. The third kappa shape index (κ3) is 5.85. The Labute approximate surface area is 190 Å². The first kappa shape index (κ1) is 23.3. The van der Waals surface area contributed by atoms with Gasteiger partial charge in [-0.1, -0.05) is 16.8 Å². The summed E-state index contributed by atoms with van der Waals surface area (Å²) in [4.78, 5) is 16.6. The van der Waals surface area contributed by atoms with Crippen molar-refractivity contribution in [2.75, 3.05) is 7.11 Å². The number of rotatable bonds is 8. The van der Waals surface area contributed by atoms with Crippen LogP contribution in [0.3, 0.4) is 0 Å². The topological polar surface area (TPSA) is 86.5 Å². The van der Waals surface area contributed by atoms with E-state index in [4.69, 9.17) is 25.6 Å². The lowest BCUT2D eigenvalue weighted by molar-refractivity contribution is -0.117. The van der Waals surface area contributed by atoms with Gasteiger partial charge < -0.3 is 19.3 Å². The maximum Gasteiger partial charge on any atom is 0.249 e. The number of benzene rings is 2. The largest absolute Gasteiger partial charge is 0.493 e. The van der Waals surface area contributed by atoms with Crippen LogP contribution in [-0.4, -0.2) is 29.3 Å². The van der Waals surface area contributed by atoms with E-state index in [1.807, 2.05) is 13.8 Å². The van der Waals surface area contributed by atoms with E-state index in [2.05, 4.69) is 15.5 Å². The molecule has 32 heavy (non-hydrogen) atoms. The molecule has 3 rings (SSSR count). The van der Waals surface area contributed by atoms with Crippen LogP contribution in [0.2, 0.25) is 5.02 Å². The summed E-state index contributed by atoms with van der Waals surface area (Å²) >= 11 is 6.31. The molecule has 0 saturated heterocycles. The molecular formula is C23H23ClFN3O4. The Balaban J connectivity index is 1.66. The molecule has 7 nitrogen and oxygen atoms in total. The zero-order chi connectivity index (χ0) is 23.3. The number of carbonyl (C=O) groups is 1. The van der Waals surface area contributed by atoms with Gasteiger partial charge in [-0.25, -0.2) is 4.39 Å². The number of nitrogens with one attached hydrogen (secondary N) is 1. The molecule has 1 unspecified atom stereocenters. The second-order valence-electron chi connectivity index (χ2n) is 7.23. The zero-order valence-electron chi connectivity index (χ0n) is 18.1. The quantitative estimate of drug-likeness (QED) is 0.465. The highest BCUT2D eigenvalue weighted by atomic mass is 35.5. The summed E-state index contributed by atoms with van der Waals surface area (Å²) in [6.45, 7) is 5.49. The molecule has 168 valence electrons. The molecule has 0 aliphatic carbocycles. The van der Waals surface area contributed by atoms with Crippen LogP contribution in [0.4, 0.5) is 4.39 Å². The van der Waals surface area contributed by atoms with Gasteiger partial charge in [-0.2, -0.15) is 4.98 Å². The number of hydrogen-bond donors (Lipinski definition) is 1. The van der Waals surface area contributed by atoms with E-state index < -0.39 is 6.04 Å². The Kier molecular flexibility index (Phi) is 7.48. The molecule has 0 radical (unpaired) electrons. The fraction of sp³-hybridized carbons (Fsp3) is 0.261. The van der Waals surface area contributed by atoms with Gasteiger partial charge in [0.1, 0.15) is 11.9 Å². The highest BCUT2D eigenvalue weighted by molar-refractivity contribution is 6.32. The van der Waals surface area contributed by atoms with E-state index in [9.17, 15) is 9.18 Å². The summed E-state index contributed by atoms with van der Waals surface area (Å²) in [5, 5.41) is 7.01. The normalized spacial score (nSPS) is 12.2. The van der Waals surface area contributed by atoms with Crippen molar-refractivity contribution in [1.82, 2.24) is 15.5 Å². The van der Waals surface area contributed by atoms with Crippen molar-refractivity contribution in [3.8, 4) is 22.9 Å². The van der Waals surface area contributed by atoms with Crippen LogP contribution in [0, 0.1) is 5.82 Å². The molecule has 0 spiro atoms. The number of amides is 1. The summed E-state index contributed by atoms with van der Waals surface area (Å²) in [7, 11) is 1.52. The number of methoxy groups -OCH3 is 1. The molecule has 1 aromatic heterocycles. The van der Waals surface area contributed by atoms with Crippen molar-refractivity contribution >= 4 is 23.6 Å². The molecule has 1 atom stereocenters. The van der Waals surface area contributed by atoms with Gasteiger partial charge in [-0.3, -0.25) is 4.79 Å². The average molecular weight is 460 g/mol. The minimum Gasteiger partial charge on any atom is -0.493 e. The van der Waals surface area contributed by atoms with Gasteiger partial charge in [0.2, 0.25) is 17.6 Å². The van der Waals surface area contributed by atoms with Crippen molar-refractivity contribution in [3.05, 3.63) is 64.8 Å². The molecule has 1 amide bonds. The van der Waals surface area contributed by atoms with E-state index in [-0.39, 0.29) is 23.7 Å². The zero-order valence-corrected chi connectivity index (χ0v) is 18.8. The number of ether oxygens (including phenoxy) is 2. The van der Waals surface area contributed by atoms with Gasteiger partial charge in [0, 0.05) is 11.6 Å². The Morgan fingerprint density at radius 1 is 1.22 bits per heavy atom. The van der Waals surface area contributed by atoms with Gasteiger partial charge in [0.05, 0.1) is 18.2 Å². The number of carbonyl (C=O) groups excluding carboxylic acids is 1. The smallest absolute Gasteiger partial charge is 0.249 e. The second-order valence-corrected chi connectivity index (χ2v) is 7.63. The molecule has 0 aliphatic rings. The summed E-state index contributed by atoms with van der Waals surface area (Å²) in [5.74, 6) is 0.738. The fourth-order valence-corrected chi connectivity index (χ4v) is 3.07. The number of halogens is 2. The van der Waals surface area contributed by atoms with Crippen LogP contribution >= 0.6 is 11.6 Å². The Morgan fingerprint density at radius 3 is 2.59 bits per heavy atom. The third-order valence-electron chi connectivity index (χ3n) is 4.31. The van der Waals surface area contributed by atoms with Crippen LogP contribution in [0.1, 0.15) is 38.3 Å². The van der Waals surface area contributed by atoms with Crippen LogP contribution in [0.15, 0.2) is 47.0 Å². The minimum atomic E-state index is -0.534. The lowest BCUT2D eigenvalue weighted by atomic mass is 10.1. The molecule has 0 aliphatic heterocycles. The van der Waals surface area contributed by atoms with Gasteiger partial charge in [0.15, 0.2) is 11.5 Å². The number of nitrogens with zero attached hydrogens (tertiary/aromatic N) is 2. The molecule has 0 saturated carbocycles. The third-order valence-corrected chi connectivity index (χ3v) is 4.59. The van der Waals surface area contributed by atoms with Crippen LogP contribution in [0.5, 0.6) is 11.5 Å². The van der Waals surface area contributed by atoms with E-state index >= 15 is 0 Å². The predicted molar refractivity (Wildman–Crippen MR) is 119 cm³/mol. The first-order valence-electron chi connectivity index (χ1n) is 9.89. The Hall–Kier alpha value is -3.39. The molecule has 9 heteroatoms. The van der Waals surface area contributed by atoms with E-state index in [1.165, 1.54) is 25.3 Å². The van der Waals surface area contributed by atoms with Crippen molar-refractivity contribution in [2.24, 2.45) is 0 Å². The molecule has 3 aromatic rings. The standard InChI is InChI=1S/C23H23ClFN3O4/c1-13(2)31-21-18(24)11-15(12-19(21)30-4)5-10-20(29)26-14(3)23-27-22(28-32-23)16-6-8-17(25)9-7-16/h5-14H,1-4H3,(H,26,29)/b10-5+. The lowest BCUT2D eigenvalue weighted by Gasteiger charge is -2.15. The fourth-order valence-electron chi connectivity index (χ4n) is 2.81. The van der Waals surface area contributed by atoms with Crippen LogP contribution < -0.4 is 14.8 Å². The first-order chi connectivity index (χ1) is 15.3. The predicted octanol–water partition coefficient (Wildman–Crippen LogP) is 5.22. The summed E-state index contributed by atoms with van der Waals surface area (Å²) in [6, 6.07) is 8.59. The molecule has 2 aromatic carbocycles. The summed E-state index contributed by atoms with van der Waals surface area (Å²) in [6.07, 6.45) is 2.90. The van der Waals surface area contributed by atoms with Crippen molar-refractivity contribution in [1.29, 1.82) is 0 Å². The highest BCUT2D eigenvalue weighted by Gasteiger charge is 2.17. The summed E-state index contributed by atoms with van der Waals surface area (Å²) < 4.78 is 29.3. The van der Waals surface area contributed by atoms with Gasteiger partial charge in [0.25, 0.3) is 0 Å². The average Bonchev–Trinajstić information content (AvgIpc) is 3.24. The van der Waals surface area contributed by atoms with Crippen molar-refractivity contribution in [3.63, 3.8) is 0 Å². The van der Waals surface area contributed by atoms with Gasteiger partial charge >= 0.3 is 0 Å². The summed E-state index contributed by atoms with van der Waals surface area (Å²) in [5.41, 5.74) is 1.28. The van der Waals surface area contributed by atoms with E-state index in [0.717, 1.165) is 0 Å². The molecule has 0 bridgehead atoms. The Morgan fingerprint density at radius 2 is 1.94 bits per heavy atom. The van der Waals surface area contributed by atoms with Crippen LogP contribution in [-0.2, 0) is 4.79 Å². The number of aromatic nitrogens is 2. The SMILES string of the molecule is COc1cc(/C=C/C(=O)NC(C)c2nc(-c3ccc(F)cc3)no2)cc(Cl)c1OC(C)C. The number of hydrogen-bond acceptors (Lipinski definition) is 6.